The summed E-state index contributed by atoms with van der Waals surface area (Å²) in [6, 6.07) is 16.2. The lowest BCUT2D eigenvalue weighted by molar-refractivity contribution is -0.114. The second-order valence-electron chi connectivity index (χ2n) is 6.02. The van der Waals surface area contributed by atoms with Crippen molar-refractivity contribution in [2.24, 2.45) is 0 Å². The highest BCUT2D eigenvalue weighted by atomic mass is 32.2. The van der Waals surface area contributed by atoms with Gasteiger partial charge in [-0.3, -0.25) is 4.79 Å². The molecular formula is C20H16N4OS2. The fourth-order valence-electron chi connectivity index (χ4n) is 2.55. The third-order valence-electron chi connectivity index (χ3n) is 3.83. The van der Waals surface area contributed by atoms with Crippen LogP contribution in [0.15, 0.2) is 64.8 Å². The highest BCUT2D eigenvalue weighted by molar-refractivity contribution is 7.99. The molecule has 0 bridgehead atoms. The molecule has 5 nitrogen and oxygen atoms in total. The smallest absolute Gasteiger partial charge is 0.223 e. The van der Waals surface area contributed by atoms with Gasteiger partial charge in [-0.1, -0.05) is 35.1 Å². The van der Waals surface area contributed by atoms with Crippen LogP contribution in [0.3, 0.4) is 0 Å². The molecule has 0 fully saturated rings. The lowest BCUT2D eigenvalue weighted by Gasteiger charge is -2.04. The molecule has 134 valence electrons. The number of anilines is 1. The first-order valence-corrected chi connectivity index (χ1v) is 9.96. The van der Waals surface area contributed by atoms with Gasteiger partial charge in [0.2, 0.25) is 5.91 Å². The number of aromatic nitrogens is 3. The Balaban J connectivity index is 1.62. The number of aryl methyl sites for hydroxylation is 1. The van der Waals surface area contributed by atoms with E-state index in [2.05, 4.69) is 51.5 Å². The molecule has 7 heteroatoms. The van der Waals surface area contributed by atoms with Gasteiger partial charge in [0.25, 0.3) is 0 Å². The van der Waals surface area contributed by atoms with Crippen molar-refractivity contribution in [3.63, 3.8) is 0 Å². The SMILES string of the molecule is CC(=O)Nc1nc2ccc(-c3ccnc(Sc4ccc(C)cc4)n3)cc2s1. The van der Waals surface area contributed by atoms with E-state index in [1.807, 2.05) is 24.3 Å². The Morgan fingerprint density at radius 1 is 1.07 bits per heavy atom. The first-order valence-electron chi connectivity index (χ1n) is 8.33. The average Bonchev–Trinajstić information content (AvgIpc) is 3.04. The number of amides is 1. The summed E-state index contributed by atoms with van der Waals surface area (Å²) in [5.74, 6) is -0.122. The van der Waals surface area contributed by atoms with E-state index < -0.39 is 0 Å². The fraction of sp³-hybridized carbons (Fsp3) is 0.100. The van der Waals surface area contributed by atoms with E-state index in [1.54, 1.807) is 18.0 Å². The average molecular weight is 393 g/mol. The maximum atomic E-state index is 11.2. The Hall–Kier alpha value is -2.77. The zero-order valence-corrected chi connectivity index (χ0v) is 16.4. The van der Waals surface area contributed by atoms with Gasteiger partial charge in [-0.2, -0.15) is 0 Å². The minimum Gasteiger partial charge on any atom is -0.302 e. The molecule has 1 N–H and O–H groups in total. The maximum absolute atomic E-state index is 11.2. The molecule has 0 saturated heterocycles. The lowest BCUT2D eigenvalue weighted by Crippen LogP contribution is -2.04. The molecule has 0 unspecified atom stereocenters. The molecule has 2 heterocycles. The van der Waals surface area contributed by atoms with Crippen LogP contribution in [0.5, 0.6) is 0 Å². The summed E-state index contributed by atoms with van der Waals surface area (Å²) < 4.78 is 1.00. The van der Waals surface area contributed by atoms with Crippen molar-refractivity contribution in [1.29, 1.82) is 0 Å². The molecule has 0 spiro atoms. The molecule has 0 aliphatic heterocycles. The number of carbonyl (C=O) groups excluding carboxylic acids is 1. The first-order chi connectivity index (χ1) is 13.1. The van der Waals surface area contributed by atoms with E-state index in [4.69, 9.17) is 0 Å². The normalized spacial score (nSPS) is 10.9. The van der Waals surface area contributed by atoms with Crippen LogP contribution in [0.25, 0.3) is 21.5 Å². The molecule has 1 amide bonds. The van der Waals surface area contributed by atoms with Gasteiger partial charge in [-0.15, -0.1) is 0 Å². The highest BCUT2D eigenvalue weighted by Gasteiger charge is 2.09. The monoisotopic (exact) mass is 392 g/mol. The van der Waals surface area contributed by atoms with Crippen LogP contribution in [0.2, 0.25) is 0 Å². The quantitative estimate of drug-likeness (QED) is 0.485. The van der Waals surface area contributed by atoms with Crippen LogP contribution in [0.4, 0.5) is 5.13 Å². The number of benzene rings is 2. The molecule has 2 aromatic carbocycles. The van der Waals surface area contributed by atoms with Crippen LogP contribution in [-0.4, -0.2) is 20.9 Å². The fourth-order valence-corrected chi connectivity index (χ4v) is 4.24. The number of nitrogens with one attached hydrogen (secondary N) is 1. The maximum Gasteiger partial charge on any atom is 0.223 e. The van der Waals surface area contributed by atoms with Crippen LogP contribution >= 0.6 is 23.1 Å². The molecule has 0 atom stereocenters. The molecule has 4 aromatic rings. The van der Waals surface area contributed by atoms with Crippen LogP contribution in [0, 0.1) is 6.92 Å². The minimum atomic E-state index is -0.122. The van der Waals surface area contributed by atoms with Crippen LogP contribution in [0.1, 0.15) is 12.5 Å². The predicted molar refractivity (Wildman–Crippen MR) is 110 cm³/mol. The number of fused-ring (bicyclic) bond motifs is 1. The Morgan fingerprint density at radius 2 is 1.89 bits per heavy atom. The summed E-state index contributed by atoms with van der Waals surface area (Å²) in [5, 5.41) is 4.05. The number of thiazole rings is 1. The van der Waals surface area contributed by atoms with Crippen molar-refractivity contribution >= 4 is 44.4 Å². The zero-order chi connectivity index (χ0) is 18.8. The van der Waals surface area contributed by atoms with Crippen molar-refractivity contribution < 1.29 is 4.79 Å². The van der Waals surface area contributed by atoms with Crippen molar-refractivity contribution in [3.05, 3.63) is 60.3 Å². The molecule has 0 aliphatic rings. The van der Waals surface area contributed by atoms with Crippen molar-refractivity contribution in [3.8, 4) is 11.3 Å². The van der Waals surface area contributed by atoms with Gasteiger partial charge in [-0.05, 0) is 49.0 Å². The second-order valence-corrected chi connectivity index (χ2v) is 8.09. The molecule has 2 aromatic heterocycles. The first kappa shape index (κ1) is 17.6. The number of hydrogen-bond donors (Lipinski definition) is 1. The summed E-state index contributed by atoms with van der Waals surface area (Å²) in [7, 11) is 0. The summed E-state index contributed by atoms with van der Waals surface area (Å²) in [5.41, 5.74) is 3.94. The second kappa shape index (κ2) is 7.46. The molecule has 0 aliphatic carbocycles. The van der Waals surface area contributed by atoms with Gasteiger partial charge in [0.15, 0.2) is 10.3 Å². The molecular weight excluding hydrogens is 376 g/mol. The molecule has 27 heavy (non-hydrogen) atoms. The number of carbonyl (C=O) groups is 1. The lowest BCUT2D eigenvalue weighted by atomic mass is 10.1. The molecule has 4 rings (SSSR count). The Morgan fingerprint density at radius 3 is 2.67 bits per heavy atom. The third-order valence-corrected chi connectivity index (χ3v) is 5.65. The standard InChI is InChI=1S/C20H16N4OS2/c1-12-3-6-15(7-4-12)26-19-21-10-9-16(23-19)14-5-8-17-18(11-14)27-20(24-17)22-13(2)25/h3-11H,1-2H3,(H,22,24,25). The van der Waals surface area contributed by atoms with Crippen molar-refractivity contribution in [1.82, 2.24) is 15.0 Å². The van der Waals surface area contributed by atoms with E-state index in [-0.39, 0.29) is 5.91 Å². The van der Waals surface area contributed by atoms with E-state index >= 15 is 0 Å². The van der Waals surface area contributed by atoms with Crippen molar-refractivity contribution in [2.45, 2.75) is 23.9 Å². The third kappa shape index (κ3) is 4.15. The van der Waals surface area contributed by atoms with Gasteiger partial charge in [0, 0.05) is 23.6 Å². The summed E-state index contributed by atoms with van der Waals surface area (Å²) in [6.45, 7) is 3.55. The largest absolute Gasteiger partial charge is 0.302 e. The Labute approximate surface area is 164 Å². The number of nitrogens with zero attached hydrogens (tertiary/aromatic N) is 3. The van der Waals surface area contributed by atoms with Crippen LogP contribution < -0.4 is 5.32 Å². The van der Waals surface area contributed by atoms with E-state index in [9.17, 15) is 4.79 Å². The molecule has 0 saturated carbocycles. The number of rotatable bonds is 4. The van der Waals surface area contributed by atoms with E-state index in [1.165, 1.54) is 23.8 Å². The van der Waals surface area contributed by atoms with Gasteiger partial charge < -0.3 is 5.32 Å². The summed E-state index contributed by atoms with van der Waals surface area (Å²) in [6.07, 6.45) is 1.78. The highest BCUT2D eigenvalue weighted by Crippen LogP contribution is 2.31. The van der Waals surface area contributed by atoms with Gasteiger partial charge >= 0.3 is 0 Å². The minimum absolute atomic E-state index is 0.122. The van der Waals surface area contributed by atoms with E-state index in [0.29, 0.717) is 10.3 Å². The Kier molecular flexibility index (Phi) is 4.87. The summed E-state index contributed by atoms with van der Waals surface area (Å²) in [4.78, 5) is 25.8. The van der Waals surface area contributed by atoms with Crippen molar-refractivity contribution in [2.75, 3.05) is 5.32 Å². The van der Waals surface area contributed by atoms with Crippen LogP contribution in [-0.2, 0) is 4.79 Å². The van der Waals surface area contributed by atoms with Gasteiger partial charge in [0.05, 0.1) is 15.9 Å². The zero-order valence-electron chi connectivity index (χ0n) is 14.8. The molecule has 0 radical (unpaired) electrons. The topological polar surface area (TPSA) is 67.8 Å². The predicted octanol–water partition coefficient (Wildman–Crippen LogP) is 5.17. The van der Waals surface area contributed by atoms with E-state index in [0.717, 1.165) is 26.4 Å². The number of hydrogen-bond acceptors (Lipinski definition) is 6. The van der Waals surface area contributed by atoms with Gasteiger partial charge in [-0.25, -0.2) is 15.0 Å². The summed E-state index contributed by atoms with van der Waals surface area (Å²) >= 11 is 2.99. The van der Waals surface area contributed by atoms with Gasteiger partial charge in [0.1, 0.15) is 0 Å². The Bertz CT molecular complexity index is 1120.